The lowest BCUT2D eigenvalue weighted by Crippen LogP contribution is -2.34. The van der Waals surface area contributed by atoms with E-state index >= 15 is 0 Å². The first-order chi connectivity index (χ1) is 12.8. The molecule has 1 rings (SSSR count). The zero-order valence-electron chi connectivity index (χ0n) is 15.3. The Morgan fingerprint density at radius 3 is 2.44 bits per heavy atom. The molecule has 0 unspecified atom stereocenters. The molecule has 1 aromatic carbocycles. The fraction of sp³-hybridized carbons (Fsp3) is 0.389. The second-order valence-corrected chi connectivity index (χ2v) is 5.67. The lowest BCUT2D eigenvalue weighted by molar-refractivity contribution is -0.384. The molecule has 0 saturated heterocycles. The minimum atomic E-state index is -0.498. The molecule has 0 aliphatic heterocycles. The summed E-state index contributed by atoms with van der Waals surface area (Å²) in [6.45, 7) is 2.38. The van der Waals surface area contributed by atoms with Crippen molar-refractivity contribution in [2.24, 2.45) is 0 Å². The van der Waals surface area contributed by atoms with Crippen molar-refractivity contribution in [2.45, 2.75) is 19.8 Å². The Morgan fingerprint density at radius 2 is 1.89 bits per heavy atom. The smallest absolute Gasteiger partial charge is 0.307 e. The second kappa shape index (κ2) is 11.4. The van der Waals surface area contributed by atoms with E-state index in [0.717, 1.165) is 0 Å². The van der Waals surface area contributed by atoms with Crippen LogP contribution in [0, 0.1) is 10.1 Å². The van der Waals surface area contributed by atoms with Crippen molar-refractivity contribution >= 4 is 29.5 Å². The van der Waals surface area contributed by atoms with Crippen molar-refractivity contribution in [2.75, 3.05) is 26.7 Å². The largest absolute Gasteiger partial charge is 0.469 e. The van der Waals surface area contributed by atoms with Crippen LogP contribution in [0.15, 0.2) is 30.3 Å². The molecule has 0 spiro atoms. The number of carbonyl (C=O) groups is 3. The van der Waals surface area contributed by atoms with Crippen LogP contribution in [0.3, 0.4) is 0 Å². The van der Waals surface area contributed by atoms with Gasteiger partial charge in [0, 0.05) is 44.8 Å². The van der Waals surface area contributed by atoms with Gasteiger partial charge in [-0.15, -0.1) is 0 Å². The third kappa shape index (κ3) is 8.61. The predicted octanol–water partition coefficient (Wildman–Crippen LogP) is 1.53. The highest BCUT2D eigenvalue weighted by molar-refractivity contribution is 5.92. The third-order valence-electron chi connectivity index (χ3n) is 3.63. The molecule has 27 heavy (non-hydrogen) atoms. The van der Waals surface area contributed by atoms with Gasteiger partial charge in [0.05, 0.1) is 18.5 Å². The van der Waals surface area contributed by atoms with E-state index in [1.54, 1.807) is 6.08 Å². The summed E-state index contributed by atoms with van der Waals surface area (Å²) in [5.74, 6) is -0.880. The van der Waals surface area contributed by atoms with Crippen LogP contribution in [0.5, 0.6) is 0 Å². The van der Waals surface area contributed by atoms with Gasteiger partial charge in [-0.1, -0.05) is 0 Å². The third-order valence-corrected chi connectivity index (χ3v) is 3.63. The Labute approximate surface area is 157 Å². The summed E-state index contributed by atoms with van der Waals surface area (Å²) < 4.78 is 4.59. The van der Waals surface area contributed by atoms with E-state index in [9.17, 15) is 24.5 Å². The van der Waals surface area contributed by atoms with E-state index in [1.807, 2.05) is 0 Å². The number of rotatable bonds is 10. The molecular weight excluding hydrogens is 354 g/mol. The van der Waals surface area contributed by atoms with Gasteiger partial charge >= 0.3 is 5.97 Å². The van der Waals surface area contributed by atoms with E-state index in [0.29, 0.717) is 25.1 Å². The van der Waals surface area contributed by atoms with Gasteiger partial charge in [0.15, 0.2) is 0 Å². The maximum Gasteiger partial charge on any atom is 0.307 e. The molecule has 0 fully saturated rings. The number of carbonyl (C=O) groups excluding carboxylic acids is 3. The maximum atomic E-state index is 12.4. The molecule has 0 aliphatic carbocycles. The first-order valence-electron chi connectivity index (χ1n) is 8.36. The first kappa shape index (κ1) is 21.8. The monoisotopic (exact) mass is 377 g/mol. The van der Waals surface area contributed by atoms with Crippen LogP contribution in [0.1, 0.15) is 25.3 Å². The molecule has 1 N–H and O–H groups in total. The topological polar surface area (TPSA) is 119 Å². The van der Waals surface area contributed by atoms with E-state index in [2.05, 4.69) is 10.1 Å². The number of nitro benzene ring substituents is 1. The molecule has 0 atom stereocenters. The highest BCUT2D eigenvalue weighted by Gasteiger charge is 2.13. The highest BCUT2D eigenvalue weighted by atomic mass is 16.6. The number of nitrogens with zero attached hydrogens (tertiary/aromatic N) is 2. The molecule has 0 radical (unpaired) electrons. The molecule has 9 nitrogen and oxygen atoms in total. The molecule has 1 aromatic rings. The molecule has 9 heteroatoms. The Balaban J connectivity index is 2.70. The van der Waals surface area contributed by atoms with Crippen molar-refractivity contribution in [1.29, 1.82) is 0 Å². The zero-order valence-corrected chi connectivity index (χ0v) is 15.3. The Morgan fingerprint density at radius 1 is 1.22 bits per heavy atom. The van der Waals surface area contributed by atoms with E-state index < -0.39 is 10.9 Å². The summed E-state index contributed by atoms with van der Waals surface area (Å²) in [7, 11) is 1.28. The Kier molecular flexibility index (Phi) is 9.21. The second-order valence-electron chi connectivity index (χ2n) is 5.67. The number of amides is 2. The van der Waals surface area contributed by atoms with E-state index in [4.69, 9.17) is 0 Å². The van der Waals surface area contributed by atoms with Crippen LogP contribution >= 0.6 is 0 Å². The van der Waals surface area contributed by atoms with Gasteiger partial charge in [-0.05, 0) is 30.2 Å². The molecule has 146 valence electrons. The van der Waals surface area contributed by atoms with Crippen molar-refractivity contribution in [3.63, 3.8) is 0 Å². The SMILES string of the molecule is COC(=O)CCN(CCCNC(C)=O)C(=O)/C=C/c1ccc([N+](=O)[O-])cc1. The average Bonchev–Trinajstić information content (AvgIpc) is 2.65. The Bertz CT molecular complexity index is 700. The zero-order chi connectivity index (χ0) is 20.2. The Hall–Kier alpha value is -3.23. The first-order valence-corrected chi connectivity index (χ1v) is 8.36. The lowest BCUT2D eigenvalue weighted by atomic mass is 10.2. The van der Waals surface area contributed by atoms with E-state index in [1.165, 1.54) is 49.3 Å². The van der Waals surface area contributed by atoms with Gasteiger partial charge in [-0.2, -0.15) is 0 Å². The number of hydrogen-bond donors (Lipinski definition) is 1. The summed E-state index contributed by atoms with van der Waals surface area (Å²) >= 11 is 0. The number of methoxy groups -OCH3 is 1. The molecule has 0 aliphatic rings. The maximum absolute atomic E-state index is 12.4. The normalized spacial score (nSPS) is 10.4. The molecular formula is C18H23N3O6. The molecule has 0 bridgehead atoms. The number of non-ortho nitro benzene ring substituents is 1. The van der Waals surface area contributed by atoms with E-state index in [-0.39, 0.29) is 30.5 Å². The minimum Gasteiger partial charge on any atom is -0.469 e. The van der Waals surface area contributed by atoms with Crippen LogP contribution in [0.25, 0.3) is 6.08 Å². The molecule has 2 amide bonds. The quantitative estimate of drug-likeness (QED) is 0.217. The van der Waals surface area contributed by atoms with Crippen molar-refractivity contribution in [3.05, 3.63) is 46.0 Å². The van der Waals surface area contributed by atoms with Gasteiger partial charge in [-0.25, -0.2) is 0 Å². The van der Waals surface area contributed by atoms with Crippen molar-refractivity contribution < 1.29 is 24.0 Å². The van der Waals surface area contributed by atoms with Gasteiger partial charge in [0.25, 0.3) is 5.69 Å². The number of hydrogen-bond acceptors (Lipinski definition) is 6. The number of benzene rings is 1. The van der Waals surface area contributed by atoms with Gasteiger partial charge in [0.2, 0.25) is 11.8 Å². The van der Waals surface area contributed by atoms with Crippen molar-refractivity contribution in [1.82, 2.24) is 10.2 Å². The number of nitrogens with one attached hydrogen (secondary N) is 1. The summed E-state index contributed by atoms with van der Waals surface area (Å²) in [5, 5.41) is 13.3. The fourth-order valence-electron chi connectivity index (χ4n) is 2.17. The highest BCUT2D eigenvalue weighted by Crippen LogP contribution is 2.13. The van der Waals surface area contributed by atoms with Gasteiger partial charge in [0.1, 0.15) is 0 Å². The van der Waals surface area contributed by atoms with Crippen LogP contribution in [-0.4, -0.2) is 54.4 Å². The lowest BCUT2D eigenvalue weighted by Gasteiger charge is -2.20. The van der Waals surface area contributed by atoms with Gasteiger partial charge < -0.3 is 15.0 Å². The van der Waals surface area contributed by atoms with Crippen molar-refractivity contribution in [3.8, 4) is 0 Å². The van der Waals surface area contributed by atoms with Crippen LogP contribution in [-0.2, 0) is 19.1 Å². The number of ether oxygens (including phenoxy) is 1. The number of esters is 1. The average molecular weight is 377 g/mol. The fourth-order valence-corrected chi connectivity index (χ4v) is 2.17. The van der Waals surface area contributed by atoms with Gasteiger partial charge in [-0.3, -0.25) is 24.5 Å². The molecule has 0 heterocycles. The summed E-state index contributed by atoms with van der Waals surface area (Å²) in [6.07, 6.45) is 3.49. The standard InChI is InChI=1S/C18H23N3O6/c1-14(22)19-11-3-12-20(13-10-18(24)27-2)17(23)9-6-15-4-7-16(8-5-15)21(25)26/h4-9H,3,10-13H2,1-2H3,(H,19,22)/b9-6+. The summed E-state index contributed by atoms with van der Waals surface area (Å²) in [5.41, 5.74) is 0.608. The summed E-state index contributed by atoms with van der Waals surface area (Å²) in [4.78, 5) is 46.3. The number of nitro groups is 1. The van der Waals surface area contributed by atoms with Crippen LogP contribution < -0.4 is 5.32 Å². The minimum absolute atomic E-state index is 0.0313. The van der Waals surface area contributed by atoms with Crippen LogP contribution in [0.2, 0.25) is 0 Å². The summed E-state index contributed by atoms with van der Waals surface area (Å²) in [6, 6.07) is 5.79. The molecule has 0 aromatic heterocycles. The predicted molar refractivity (Wildman–Crippen MR) is 98.6 cm³/mol. The van der Waals surface area contributed by atoms with Crippen LogP contribution in [0.4, 0.5) is 5.69 Å². The molecule has 0 saturated carbocycles.